The molecule has 0 rings (SSSR count). The maximum absolute atomic E-state index is 5.91. The van der Waals surface area contributed by atoms with Gasteiger partial charge in [0.05, 0.1) is 0 Å². The first-order valence-electron chi connectivity index (χ1n) is 5.46. The summed E-state index contributed by atoms with van der Waals surface area (Å²) in [4.78, 5) is 0. The molecule has 0 amide bonds. The Hall–Kier alpha value is -0.123. The highest BCUT2D eigenvalue weighted by molar-refractivity contribution is 6.71. The summed E-state index contributed by atoms with van der Waals surface area (Å²) in [7, 11) is -2.13. The van der Waals surface area contributed by atoms with Gasteiger partial charge in [-0.2, -0.15) is 0 Å². The second kappa shape index (κ2) is 6.38. The monoisotopic (exact) mass is 216 g/mol. The van der Waals surface area contributed by atoms with Gasteiger partial charge in [-0.05, 0) is 38.9 Å². The van der Waals surface area contributed by atoms with Gasteiger partial charge in [-0.1, -0.05) is 13.8 Å². The quantitative estimate of drug-likeness (QED) is 0.607. The van der Waals surface area contributed by atoms with E-state index in [2.05, 4.69) is 40.8 Å². The normalized spacial score (nSPS) is 19.8. The van der Waals surface area contributed by atoms with Crippen LogP contribution in [-0.4, -0.2) is 20.8 Å². The molecule has 0 bridgehead atoms. The van der Waals surface area contributed by atoms with E-state index in [0.29, 0.717) is 0 Å². The molecule has 0 spiro atoms. The van der Waals surface area contributed by atoms with Crippen LogP contribution in [0.25, 0.3) is 0 Å². The van der Waals surface area contributed by atoms with Crippen molar-refractivity contribution in [2.75, 3.05) is 0 Å². The van der Waals surface area contributed by atoms with E-state index in [-0.39, 0.29) is 12.2 Å². The maximum atomic E-state index is 5.91. The lowest BCUT2D eigenvalue weighted by Crippen LogP contribution is -2.42. The number of hydrogen-bond acceptors (Lipinski definition) is 2. The van der Waals surface area contributed by atoms with E-state index >= 15 is 0 Å². The van der Waals surface area contributed by atoms with Gasteiger partial charge in [-0.25, -0.2) is 0 Å². The minimum Gasteiger partial charge on any atom is -0.389 e. The molecule has 0 saturated heterocycles. The van der Waals surface area contributed by atoms with Crippen molar-refractivity contribution >= 4 is 8.56 Å². The van der Waals surface area contributed by atoms with Crippen molar-refractivity contribution in [1.82, 2.24) is 0 Å². The lowest BCUT2D eigenvalue weighted by molar-refractivity contribution is 0.100. The predicted octanol–water partition coefficient (Wildman–Crippen LogP) is 3.41. The molecule has 0 aromatic heterocycles. The lowest BCUT2D eigenvalue weighted by Gasteiger charge is -2.29. The summed E-state index contributed by atoms with van der Waals surface area (Å²) in [5.41, 5.74) is 1.87. The smallest absolute Gasteiger partial charge is 0.361 e. The maximum Gasteiger partial charge on any atom is 0.361 e. The zero-order valence-corrected chi connectivity index (χ0v) is 11.2. The van der Waals surface area contributed by atoms with Crippen LogP contribution < -0.4 is 0 Å². The molecule has 3 heteroatoms. The first-order chi connectivity index (χ1) is 6.47. The number of hydrogen-bond donors (Lipinski definition) is 0. The topological polar surface area (TPSA) is 18.5 Å². The molecule has 0 aromatic carbocycles. The molecule has 0 N–H and O–H groups in total. The fraction of sp³-hybridized carbons (Fsp3) is 0.818. The average Bonchev–Trinajstić information content (AvgIpc) is 2.17. The summed E-state index contributed by atoms with van der Waals surface area (Å²) in [5.74, 6) is 0. The first kappa shape index (κ1) is 13.9. The van der Waals surface area contributed by atoms with Crippen molar-refractivity contribution in [2.45, 2.75) is 59.3 Å². The SMILES string of the molecule is C=C[Si](C)(OC(C)CC)OC(C)CC. The second-order valence-corrected chi connectivity index (χ2v) is 6.81. The summed E-state index contributed by atoms with van der Waals surface area (Å²) in [6.45, 7) is 14.3. The van der Waals surface area contributed by atoms with E-state index in [4.69, 9.17) is 8.85 Å². The van der Waals surface area contributed by atoms with Crippen molar-refractivity contribution in [3.8, 4) is 0 Å². The van der Waals surface area contributed by atoms with E-state index in [0.717, 1.165) is 12.8 Å². The van der Waals surface area contributed by atoms with Gasteiger partial charge in [-0.3, -0.25) is 0 Å². The van der Waals surface area contributed by atoms with E-state index in [9.17, 15) is 0 Å². The van der Waals surface area contributed by atoms with Gasteiger partial charge in [0.1, 0.15) is 0 Å². The van der Waals surface area contributed by atoms with Gasteiger partial charge in [-0.15, -0.1) is 6.58 Å². The average molecular weight is 216 g/mol. The lowest BCUT2D eigenvalue weighted by atomic mass is 10.3. The highest BCUT2D eigenvalue weighted by Gasteiger charge is 2.31. The van der Waals surface area contributed by atoms with Gasteiger partial charge in [0.2, 0.25) is 0 Å². The van der Waals surface area contributed by atoms with Gasteiger partial charge in [0, 0.05) is 12.2 Å². The number of rotatable bonds is 7. The molecule has 0 aromatic rings. The second-order valence-electron chi connectivity index (χ2n) is 3.89. The van der Waals surface area contributed by atoms with Crippen molar-refractivity contribution in [1.29, 1.82) is 0 Å². The molecular formula is C11H24O2Si. The summed E-state index contributed by atoms with van der Waals surface area (Å²) >= 11 is 0. The van der Waals surface area contributed by atoms with E-state index < -0.39 is 8.56 Å². The summed E-state index contributed by atoms with van der Waals surface area (Å²) in [6.07, 6.45) is 2.54. The molecule has 0 aliphatic heterocycles. The zero-order chi connectivity index (χ0) is 11.2. The largest absolute Gasteiger partial charge is 0.389 e. The highest BCUT2D eigenvalue weighted by atomic mass is 28.4. The van der Waals surface area contributed by atoms with Crippen LogP contribution in [0.15, 0.2) is 12.3 Å². The van der Waals surface area contributed by atoms with E-state index in [1.165, 1.54) is 0 Å². The Morgan fingerprint density at radius 2 is 1.50 bits per heavy atom. The third-order valence-electron chi connectivity index (χ3n) is 2.39. The summed E-state index contributed by atoms with van der Waals surface area (Å²) in [6, 6.07) is 0. The van der Waals surface area contributed by atoms with Crippen LogP contribution in [0.2, 0.25) is 6.55 Å². The summed E-state index contributed by atoms with van der Waals surface area (Å²) < 4.78 is 11.8. The molecular weight excluding hydrogens is 192 g/mol. The third-order valence-corrected chi connectivity index (χ3v) is 4.87. The zero-order valence-electron chi connectivity index (χ0n) is 10.2. The Balaban J connectivity index is 4.24. The van der Waals surface area contributed by atoms with Crippen molar-refractivity contribution < 1.29 is 8.85 Å². The fourth-order valence-electron chi connectivity index (χ4n) is 1.09. The van der Waals surface area contributed by atoms with Crippen LogP contribution >= 0.6 is 0 Å². The Bertz CT molecular complexity index is 159. The molecule has 0 saturated carbocycles. The molecule has 0 heterocycles. The van der Waals surface area contributed by atoms with Crippen LogP contribution in [0.1, 0.15) is 40.5 Å². The predicted molar refractivity (Wildman–Crippen MR) is 63.5 cm³/mol. The summed E-state index contributed by atoms with van der Waals surface area (Å²) in [5, 5.41) is 0. The minimum atomic E-state index is -2.13. The molecule has 2 nitrogen and oxygen atoms in total. The van der Waals surface area contributed by atoms with Crippen LogP contribution in [0.4, 0.5) is 0 Å². The van der Waals surface area contributed by atoms with Crippen LogP contribution in [-0.2, 0) is 8.85 Å². The van der Waals surface area contributed by atoms with Crippen LogP contribution in [0.5, 0.6) is 0 Å². The molecule has 84 valence electrons. The van der Waals surface area contributed by atoms with Crippen molar-refractivity contribution in [3.05, 3.63) is 12.3 Å². The van der Waals surface area contributed by atoms with E-state index in [1.54, 1.807) is 0 Å². The highest BCUT2D eigenvalue weighted by Crippen LogP contribution is 2.16. The van der Waals surface area contributed by atoms with Gasteiger partial charge < -0.3 is 8.85 Å². The Morgan fingerprint density at radius 1 is 1.14 bits per heavy atom. The molecule has 0 aliphatic rings. The molecule has 14 heavy (non-hydrogen) atoms. The fourth-order valence-corrected chi connectivity index (χ4v) is 3.27. The Morgan fingerprint density at radius 3 is 1.71 bits per heavy atom. The van der Waals surface area contributed by atoms with Gasteiger partial charge >= 0.3 is 8.56 Å². The molecule has 0 aliphatic carbocycles. The Kier molecular flexibility index (Phi) is 6.32. The van der Waals surface area contributed by atoms with Gasteiger partial charge in [0.25, 0.3) is 0 Å². The minimum absolute atomic E-state index is 0.258. The molecule has 0 radical (unpaired) electrons. The standard InChI is InChI=1S/C11H24O2Si/c1-7-10(4)12-14(6,9-3)13-11(5)8-2/h9-11H,3,7-8H2,1-2,4-6H3. The molecule has 2 unspecified atom stereocenters. The van der Waals surface area contributed by atoms with Crippen LogP contribution in [0, 0.1) is 0 Å². The van der Waals surface area contributed by atoms with E-state index in [1.807, 2.05) is 5.70 Å². The first-order valence-corrected chi connectivity index (χ1v) is 7.86. The van der Waals surface area contributed by atoms with Gasteiger partial charge in [0.15, 0.2) is 0 Å². The van der Waals surface area contributed by atoms with Crippen LogP contribution in [0.3, 0.4) is 0 Å². The third kappa shape index (κ3) is 4.93. The molecule has 0 fully saturated rings. The Labute approximate surface area is 89.6 Å². The molecule has 2 atom stereocenters. The van der Waals surface area contributed by atoms with Crippen molar-refractivity contribution in [2.24, 2.45) is 0 Å². The van der Waals surface area contributed by atoms with Crippen molar-refractivity contribution in [3.63, 3.8) is 0 Å².